The van der Waals surface area contributed by atoms with Crippen molar-refractivity contribution in [3.05, 3.63) is 0 Å². The molecule has 1 fully saturated rings. The van der Waals surface area contributed by atoms with Gasteiger partial charge in [0.15, 0.2) is 0 Å². The van der Waals surface area contributed by atoms with Crippen LogP contribution in [0.25, 0.3) is 0 Å². The second kappa shape index (κ2) is 4.99. The van der Waals surface area contributed by atoms with Crippen molar-refractivity contribution in [1.29, 1.82) is 5.26 Å². The van der Waals surface area contributed by atoms with Gasteiger partial charge in [-0.3, -0.25) is 4.79 Å². The molecule has 1 aliphatic carbocycles. The van der Waals surface area contributed by atoms with Crippen LogP contribution in [0.1, 0.15) is 33.1 Å². The van der Waals surface area contributed by atoms with E-state index >= 15 is 0 Å². The van der Waals surface area contributed by atoms with E-state index in [0.29, 0.717) is 5.92 Å². The van der Waals surface area contributed by atoms with Gasteiger partial charge in [-0.25, -0.2) is 0 Å². The molecule has 3 nitrogen and oxygen atoms in total. The molecule has 0 radical (unpaired) electrons. The van der Waals surface area contributed by atoms with E-state index in [-0.39, 0.29) is 5.91 Å². The maximum Gasteiger partial charge on any atom is 0.239 e. The zero-order chi connectivity index (χ0) is 10.6. The van der Waals surface area contributed by atoms with Gasteiger partial charge in [-0.2, -0.15) is 5.26 Å². The van der Waals surface area contributed by atoms with Crippen molar-refractivity contribution < 1.29 is 4.79 Å². The Morgan fingerprint density at radius 3 is 2.71 bits per heavy atom. The van der Waals surface area contributed by atoms with E-state index in [2.05, 4.69) is 6.92 Å². The van der Waals surface area contributed by atoms with E-state index < -0.39 is 5.92 Å². The molecule has 14 heavy (non-hydrogen) atoms. The van der Waals surface area contributed by atoms with Gasteiger partial charge in [-0.1, -0.05) is 6.92 Å². The summed E-state index contributed by atoms with van der Waals surface area (Å²) in [5.41, 5.74) is 0. The maximum atomic E-state index is 11.7. The summed E-state index contributed by atoms with van der Waals surface area (Å²) in [7, 11) is 0. The Morgan fingerprint density at radius 1 is 1.64 bits per heavy atom. The Bertz CT molecular complexity index is 240. The average Bonchev–Trinajstić information content (AvgIpc) is 2.98. The van der Waals surface area contributed by atoms with Gasteiger partial charge in [-0.15, -0.1) is 0 Å². The molecule has 0 bridgehead atoms. The molecule has 0 heterocycles. The van der Waals surface area contributed by atoms with Crippen molar-refractivity contribution in [2.75, 3.05) is 13.1 Å². The van der Waals surface area contributed by atoms with E-state index in [1.807, 2.05) is 11.0 Å². The van der Waals surface area contributed by atoms with E-state index in [0.717, 1.165) is 19.5 Å². The summed E-state index contributed by atoms with van der Waals surface area (Å²) in [6, 6.07) is 2.01. The summed E-state index contributed by atoms with van der Waals surface area (Å²) in [4.78, 5) is 13.6. The van der Waals surface area contributed by atoms with Gasteiger partial charge >= 0.3 is 0 Å². The van der Waals surface area contributed by atoms with Crippen LogP contribution in [0, 0.1) is 23.2 Å². The van der Waals surface area contributed by atoms with Crippen molar-refractivity contribution in [3.63, 3.8) is 0 Å². The molecule has 3 heteroatoms. The standard InChI is InChI=1S/C11H18N2O/c1-3-6-13(8-10-4-5-10)11(14)9(2)7-12/h9-10H,3-6,8H2,1-2H3. The Labute approximate surface area is 85.7 Å². The summed E-state index contributed by atoms with van der Waals surface area (Å²) >= 11 is 0. The number of carbonyl (C=O) groups excluding carboxylic acids is 1. The summed E-state index contributed by atoms with van der Waals surface area (Å²) < 4.78 is 0. The number of nitriles is 1. The summed E-state index contributed by atoms with van der Waals surface area (Å²) in [6.07, 6.45) is 3.46. The maximum absolute atomic E-state index is 11.7. The molecule has 0 N–H and O–H groups in total. The highest BCUT2D eigenvalue weighted by molar-refractivity contribution is 5.80. The van der Waals surface area contributed by atoms with Crippen LogP contribution in [0.2, 0.25) is 0 Å². The molecule has 0 aromatic carbocycles. The summed E-state index contributed by atoms with van der Waals surface area (Å²) in [6.45, 7) is 5.39. The Kier molecular flexibility index (Phi) is 3.94. The van der Waals surface area contributed by atoms with E-state index in [1.54, 1.807) is 6.92 Å². The quantitative estimate of drug-likeness (QED) is 0.669. The van der Waals surface area contributed by atoms with Gasteiger partial charge in [0.05, 0.1) is 6.07 Å². The molecule has 0 saturated heterocycles. The van der Waals surface area contributed by atoms with Gasteiger partial charge in [0, 0.05) is 13.1 Å². The minimum absolute atomic E-state index is 0.00116. The number of rotatable bonds is 5. The Hall–Kier alpha value is -1.04. The second-order valence-corrected chi connectivity index (χ2v) is 4.08. The van der Waals surface area contributed by atoms with Gasteiger partial charge in [-0.05, 0) is 32.1 Å². The Balaban J connectivity index is 2.47. The molecule has 0 spiro atoms. The van der Waals surface area contributed by atoms with Gasteiger partial charge in [0.25, 0.3) is 0 Å². The lowest BCUT2D eigenvalue weighted by Crippen LogP contribution is -2.36. The molecule has 0 aromatic rings. The molecule has 1 atom stereocenters. The number of carbonyl (C=O) groups is 1. The first kappa shape index (κ1) is 11.0. The topological polar surface area (TPSA) is 44.1 Å². The predicted octanol–water partition coefficient (Wildman–Crippen LogP) is 1.79. The van der Waals surface area contributed by atoms with Crippen LogP contribution in [0.5, 0.6) is 0 Å². The molecular weight excluding hydrogens is 176 g/mol. The first-order valence-electron chi connectivity index (χ1n) is 5.37. The van der Waals surface area contributed by atoms with Crippen LogP contribution < -0.4 is 0 Å². The third-order valence-electron chi connectivity index (χ3n) is 2.54. The van der Waals surface area contributed by atoms with Crippen LogP contribution in [0.15, 0.2) is 0 Å². The van der Waals surface area contributed by atoms with Gasteiger partial charge in [0.2, 0.25) is 5.91 Å². The fourth-order valence-corrected chi connectivity index (χ4v) is 1.50. The number of hydrogen-bond donors (Lipinski definition) is 0. The largest absolute Gasteiger partial charge is 0.341 e. The Morgan fingerprint density at radius 2 is 2.29 bits per heavy atom. The van der Waals surface area contributed by atoms with Crippen molar-refractivity contribution in [2.24, 2.45) is 11.8 Å². The van der Waals surface area contributed by atoms with Crippen LogP contribution in [-0.4, -0.2) is 23.9 Å². The third-order valence-corrected chi connectivity index (χ3v) is 2.54. The summed E-state index contributed by atoms with van der Waals surface area (Å²) in [5.74, 6) is 0.220. The van der Waals surface area contributed by atoms with Crippen molar-refractivity contribution in [1.82, 2.24) is 4.90 Å². The number of hydrogen-bond acceptors (Lipinski definition) is 2. The van der Waals surface area contributed by atoms with Crippen molar-refractivity contribution >= 4 is 5.91 Å². The lowest BCUT2D eigenvalue weighted by atomic mass is 10.1. The highest BCUT2D eigenvalue weighted by Crippen LogP contribution is 2.30. The fourth-order valence-electron chi connectivity index (χ4n) is 1.50. The van der Waals surface area contributed by atoms with E-state index in [1.165, 1.54) is 12.8 Å². The second-order valence-electron chi connectivity index (χ2n) is 4.08. The van der Waals surface area contributed by atoms with Crippen molar-refractivity contribution in [2.45, 2.75) is 33.1 Å². The highest BCUT2D eigenvalue weighted by atomic mass is 16.2. The first-order chi connectivity index (χ1) is 6.69. The van der Waals surface area contributed by atoms with E-state index in [4.69, 9.17) is 5.26 Å². The molecule has 0 aromatic heterocycles. The zero-order valence-electron chi connectivity index (χ0n) is 8.99. The lowest BCUT2D eigenvalue weighted by Gasteiger charge is -2.22. The number of nitrogens with zero attached hydrogens (tertiary/aromatic N) is 2. The van der Waals surface area contributed by atoms with E-state index in [9.17, 15) is 4.79 Å². The average molecular weight is 194 g/mol. The smallest absolute Gasteiger partial charge is 0.239 e. The number of amides is 1. The summed E-state index contributed by atoms with van der Waals surface area (Å²) in [5, 5.41) is 8.67. The lowest BCUT2D eigenvalue weighted by molar-refractivity contribution is -0.133. The van der Waals surface area contributed by atoms with Crippen LogP contribution in [0.4, 0.5) is 0 Å². The fraction of sp³-hybridized carbons (Fsp3) is 0.818. The minimum atomic E-state index is -0.486. The minimum Gasteiger partial charge on any atom is -0.341 e. The van der Waals surface area contributed by atoms with Gasteiger partial charge < -0.3 is 4.90 Å². The van der Waals surface area contributed by atoms with Crippen LogP contribution in [-0.2, 0) is 4.79 Å². The SMILES string of the molecule is CCCN(CC1CC1)C(=O)C(C)C#N. The zero-order valence-corrected chi connectivity index (χ0v) is 8.99. The molecule has 1 amide bonds. The molecule has 1 unspecified atom stereocenters. The normalized spacial score (nSPS) is 17.2. The molecule has 1 rings (SSSR count). The molecular formula is C11H18N2O. The molecule has 78 valence electrons. The predicted molar refractivity (Wildman–Crippen MR) is 54.4 cm³/mol. The highest BCUT2D eigenvalue weighted by Gasteiger charge is 2.28. The third kappa shape index (κ3) is 3.02. The monoisotopic (exact) mass is 194 g/mol. The molecule has 0 aliphatic heterocycles. The van der Waals surface area contributed by atoms with Crippen LogP contribution >= 0.6 is 0 Å². The van der Waals surface area contributed by atoms with Gasteiger partial charge in [0.1, 0.15) is 5.92 Å². The first-order valence-corrected chi connectivity index (χ1v) is 5.37. The molecule has 1 aliphatic rings. The van der Waals surface area contributed by atoms with Crippen LogP contribution in [0.3, 0.4) is 0 Å². The van der Waals surface area contributed by atoms with Crippen molar-refractivity contribution in [3.8, 4) is 6.07 Å². The molecule has 1 saturated carbocycles.